The third-order valence-corrected chi connectivity index (χ3v) is 5.33. The Morgan fingerprint density at radius 1 is 1.27 bits per heavy atom. The van der Waals surface area contributed by atoms with Gasteiger partial charge >= 0.3 is 6.03 Å². The number of nitrogens with one attached hydrogen (secondary N) is 3. The van der Waals surface area contributed by atoms with Crippen LogP contribution in [0.3, 0.4) is 0 Å². The van der Waals surface area contributed by atoms with Gasteiger partial charge in [0.1, 0.15) is 12.6 Å². The molecular formula is C21H31FN4O4. The summed E-state index contributed by atoms with van der Waals surface area (Å²) in [6.45, 7) is 4.82. The zero-order chi connectivity index (χ0) is 21.3. The molecule has 8 nitrogen and oxygen atoms in total. The van der Waals surface area contributed by atoms with Gasteiger partial charge in [0, 0.05) is 32.0 Å². The lowest BCUT2D eigenvalue weighted by Gasteiger charge is -2.24. The van der Waals surface area contributed by atoms with Crippen molar-refractivity contribution >= 4 is 11.9 Å². The monoisotopic (exact) mass is 422 g/mol. The number of hydrogen-bond donors (Lipinski definition) is 3. The van der Waals surface area contributed by atoms with Crippen LogP contribution in [0.15, 0.2) is 18.2 Å². The number of hydrogen-bond acceptors (Lipinski definition) is 6. The Kier molecular flexibility index (Phi) is 8.41. The lowest BCUT2D eigenvalue weighted by Crippen LogP contribution is -2.35. The topological polar surface area (TPSA) is 91.9 Å². The Morgan fingerprint density at radius 3 is 2.80 bits per heavy atom. The van der Waals surface area contributed by atoms with E-state index in [0.717, 1.165) is 44.2 Å². The summed E-state index contributed by atoms with van der Waals surface area (Å²) in [5.74, 6) is -0.293. The van der Waals surface area contributed by atoms with Gasteiger partial charge in [-0.15, -0.1) is 0 Å². The molecule has 30 heavy (non-hydrogen) atoms. The molecule has 2 aliphatic rings. The number of imide groups is 1. The second-order valence-corrected chi connectivity index (χ2v) is 7.75. The van der Waals surface area contributed by atoms with Crippen molar-refractivity contribution in [3.05, 3.63) is 29.6 Å². The van der Waals surface area contributed by atoms with Crippen LogP contribution in [0.1, 0.15) is 50.6 Å². The highest BCUT2D eigenvalue weighted by molar-refractivity contribution is 6.01. The lowest BCUT2D eigenvalue weighted by atomic mass is 10.1. The zero-order valence-corrected chi connectivity index (χ0v) is 17.4. The van der Waals surface area contributed by atoms with Crippen LogP contribution in [0.4, 0.5) is 9.18 Å². The number of carbonyl (C=O) groups is 2. The van der Waals surface area contributed by atoms with E-state index in [4.69, 9.17) is 9.47 Å². The van der Waals surface area contributed by atoms with Crippen LogP contribution >= 0.6 is 0 Å². The molecule has 3 rings (SSSR count). The first kappa shape index (κ1) is 22.5. The molecule has 166 valence electrons. The zero-order valence-electron chi connectivity index (χ0n) is 17.4. The fourth-order valence-corrected chi connectivity index (χ4v) is 3.52. The Labute approximate surface area is 176 Å². The number of halogens is 1. The summed E-state index contributed by atoms with van der Waals surface area (Å²) >= 11 is 0. The predicted molar refractivity (Wildman–Crippen MR) is 109 cm³/mol. The van der Waals surface area contributed by atoms with E-state index in [1.807, 2.05) is 6.92 Å². The summed E-state index contributed by atoms with van der Waals surface area (Å²) in [5, 5.41) is 2.27. The van der Waals surface area contributed by atoms with Crippen LogP contribution in [-0.2, 0) is 9.53 Å². The molecule has 0 bridgehead atoms. The smallest absolute Gasteiger partial charge is 0.324 e. The molecule has 0 spiro atoms. The van der Waals surface area contributed by atoms with Crippen molar-refractivity contribution in [2.24, 2.45) is 0 Å². The van der Waals surface area contributed by atoms with Gasteiger partial charge in [-0.3, -0.25) is 21.0 Å². The molecule has 1 aromatic carbocycles. The second kappa shape index (κ2) is 11.2. The van der Waals surface area contributed by atoms with Gasteiger partial charge in [0.15, 0.2) is 11.6 Å². The van der Waals surface area contributed by atoms with Crippen LogP contribution in [0, 0.1) is 5.82 Å². The normalized spacial score (nSPS) is 18.5. The number of hydrazine groups is 1. The molecule has 3 N–H and O–H groups in total. The summed E-state index contributed by atoms with van der Waals surface area (Å²) in [6.07, 6.45) is 4.28. The highest BCUT2D eigenvalue weighted by atomic mass is 19.1. The van der Waals surface area contributed by atoms with Crippen LogP contribution in [0.25, 0.3) is 0 Å². The van der Waals surface area contributed by atoms with E-state index in [9.17, 15) is 14.0 Å². The number of unbranched alkanes of at least 4 members (excludes halogenated alkanes) is 2. The van der Waals surface area contributed by atoms with Crippen LogP contribution in [0.5, 0.6) is 5.75 Å². The Hall–Kier alpha value is -2.23. The van der Waals surface area contributed by atoms with Crippen molar-refractivity contribution in [2.45, 2.75) is 51.2 Å². The van der Waals surface area contributed by atoms with Gasteiger partial charge in [-0.05, 0) is 37.5 Å². The Balaban J connectivity index is 1.33. The SMILES string of the molecule is CC(NNCCCCCN1CC(=O)NC1=O)c1ccc(F)c(OC2CCOCC2)c1. The first-order chi connectivity index (χ1) is 14.5. The fourth-order valence-electron chi connectivity index (χ4n) is 3.52. The molecule has 0 aromatic heterocycles. The number of ether oxygens (including phenoxy) is 2. The molecule has 0 saturated carbocycles. The molecule has 2 fully saturated rings. The number of nitrogens with zero attached hydrogens (tertiary/aromatic N) is 1. The van der Waals surface area contributed by atoms with Crippen LogP contribution in [-0.4, -0.2) is 55.8 Å². The van der Waals surface area contributed by atoms with E-state index in [-0.39, 0.29) is 42.2 Å². The standard InChI is InChI=1S/C21H31FN4O4/c1-15(25-23-9-3-2-4-10-26-14-20(27)24-21(26)28)16-5-6-18(22)19(13-16)30-17-7-11-29-12-8-17/h5-6,13,15,17,23,25H,2-4,7-12,14H2,1H3,(H,24,27,28). The summed E-state index contributed by atoms with van der Waals surface area (Å²) in [5.41, 5.74) is 7.36. The molecule has 1 aromatic rings. The van der Waals surface area contributed by atoms with E-state index >= 15 is 0 Å². The summed E-state index contributed by atoms with van der Waals surface area (Å²) in [7, 11) is 0. The maximum absolute atomic E-state index is 14.1. The van der Waals surface area contributed by atoms with E-state index in [2.05, 4.69) is 16.2 Å². The number of amides is 3. The molecule has 2 aliphatic heterocycles. The number of urea groups is 1. The third kappa shape index (κ3) is 6.65. The second-order valence-electron chi connectivity index (χ2n) is 7.75. The van der Waals surface area contributed by atoms with Crippen molar-refractivity contribution in [1.82, 2.24) is 21.1 Å². The van der Waals surface area contributed by atoms with E-state index in [1.54, 1.807) is 12.1 Å². The van der Waals surface area contributed by atoms with E-state index < -0.39 is 0 Å². The van der Waals surface area contributed by atoms with Gasteiger partial charge in [0.25, 0.3) is 0 Å². The molecular weight excluding hydrogens is 391 g/mol. The van der Waals surface area contributed by atoms with Crippen molar-refractivity contribution in [3.8, 4) is 5.75 Å². The van der Waals surface area contributed by atoms with Crippen LogP contribution < -0.4 is 20.9 Å². The lowest BCUT2D eigenvalue weighted by molar-refractivity contribution is -0.118. The van der Waals surface area contributed by atoms with Crippen LogP contribution in [0.2, 0.25) is 0 Å². The number of rotatable bonds is 11. The molecule has 9 heteroatoms. The minimum absolute atomic E-state index is 0.00496. The largest absolute Gasteiger partial charge is 0.487 e. The highest BCUT2D eigenvalue weighted by Crippen LogP contribution is 2.25. The molecule has 2 saturated heterocycles. The van der Waals surface area contributed by atoms with Gasteiger partial charge in [-0.1, -0.05) is 12.5 Å². The Bertz CT molecular complexity index is 727. The molecule has 0 aliphatic carbocycles. The summed E-state index contributed by atoms with van der Waals surface area (Å²) in [4.78, 5) is 24.1. The minimum Gasteiger partial charge on any atom is -0.487 e. The number of carbonyl (C=O) groups excluding carboxylic acids is 2. The fraction of sp³-hybridized carbons (Fsp3) is 0.619. The molecule has 1 atom stereocenters. The minimum atomic E-state index is -0.348. The highest BCUT2D eigenvalue weighted by Gasteiger charge is 2.25. The first-order valence-electron chi connectivity index (χ1n) is 10.6. The van der Waals surface area contributed by atoms with Crippen molar-refractivity contribution in [1.29, 1.82) is 0 Å². The van der Waals surface area contributed by atoms with Gasteiger partial charge in [0.2, 0.25) is 5.91 Å². The number of benzene rings is 1. The van der Waals surface area contributed by atoms with E-state index in [0.29, 0.717) is 19.8 Å². The molecule has 3 amide bonds. The van der Waals surface area contributed by atoms with Crippen molar-refractivity contribution in [2.75, 3.05) is 32.8 Å². The molecule has 0 radical (unpaired) electrons. The maximum Gasteiger partial charge on any atom is 0.324 e. The van der Waals surface area contributed by atoms with Gasteiger partial charge in [-0.2, -0.15) is 0 Å². The van der Waals surface area contributed by atoms with Crippen molar-refractivity contribution in [3.63, 3.8) is 0 Å². The average molecular weight is 423 g/mol. The van der Waals surface area contributed by atoms with E-state index in [1.165, 1.54) is 11.0 Å². The summed E-state index contributed by atoms with van der Waals surface area (Å²) < 4.78 is 25.3. The predicted octanol–water partition coefficient (Wildman–Crippen LogP) is 2.26. The van der Waals surface area contributed by atoms with Gasteiger partial charge in [-0.25, -0.2) is 9.18 Å². The first-order valence-corrected chi connectivity index (χ1v) is 10.6. The Morgan fingerprint density at radius 2 is 2.07 bits per heavy atom. The maximum atomic E-state index is 14.1. The van der Waals surface area contributed by atoms with Gasteiger partial charge in [0.05, 0.1) is 13.2 Å². The third-order valence-electron chi connectivity index (χ3n) is 5.33. The average Bonchev–Trinajstić information content (AvgIpc) is 3.06. The summed E-state index contributed by atoms with van der Waals surface area (Å²) in [6, 6.07) is 4.65. The molecule has 2 heterocycles. The molecule has 1 unspecified atom stereocenters. The quantitative estimate of drug-likeness (QED) is 0.288. The van der Waals surface area contributed by atoms with Gasteiger partial charge < -0.3 is 14.4 Å². The van der Waals surface area contributed by atoms with Crippen molar-refractivity contribution < 1.29 is 23.5 Å².